The maximum Gasteiger partial charge on any atom is 0.433 e. The first-order valence-corrected chi connectivity index (χ1v) is 5.53. The molecule has 0 aliphatic heterocycles. The highest BCUT2D eigenvalue weighted by Crippen LogP contribution is 2.38. The van der Waals surface area contributed by atoms with Gasteiger partial charge in [-0.2, -0.15) is 13.2 Å². The van der Waals surface area contributed by atoms with Gasteiger partial charge >= 0.3 is 12.1 Å². The van der Waals surface area contributed by atoms with Crippen LogP contribution in [-0.4, -0.2) is 16.1 Å². The Balaban J connectivity index is 2.79. The number of carbonyl (C=O) groups is 1. The lowest BCUT2D eigenvalue weighted by Gasteiger charge is -2.07. The van der Waals surface area contributed by atoms with Crippen LogP contribution in [0.3, 0.4) is 0 Å². The standard InChI is InChI=1S/C10H7F3N2O2S/c1-3-2-4(10(11,12)13)15-8-5(3)6(14)7(18-8)9(16)17/h2H,14H2,1H3,(H,16,17). The van der Waals surface area contributed by atoms with E-state index in [4.69, 9.17) is 10.8 Å². The smallest absolute Gasteiger partial charge is 0.433 e. The Hall–Kier alpha value is -1.83. The fourth-order valence-electron chi connectivity index (χ4n) is 1.61. The highest BCUT2D eigenvalue weighted by Gasteiger charge is 2.34. The van der Waals surface area contributed by atoms with Gasteiger partial charge in [0.15, 0.2) is 0 Å². The molecule has 18 heavy (non-hydrogen) atoms. The molecule has 96 valence electrons. The number of aryl methyl sites for hydroxylation is 1. The predicted octanol–water partition coefficient (Wildman–Crippen LogP) is 2.90. The number of halogens is 3. The van der Waals surface area contributed by atoms with Crippen molar-refractivity contribution in [2.75, 3.05) is 5.73 Å². The van der Waals surface area contributed by atoms with Crippen LogP contribution in [0.25, 0.3) is 10.2 Å². The molecular formula is C10H7F3N2O2S. The van der Waals surface area contributed by atoms with Gasteiger partial charge in [-0.1, -0.05) is 0 Å². The molecular weight excluding hydrogens is 269 g/mol. The van der Waals surface area contributed by atoms with Crippen LogP contribution in [0.4, 0.5) is 18.9 Å². The van der Waals surface area contributed by atoms with E-state index >= 15 is 0 Å². The van der Waals surface area contributed by atoms with Crippen LogP contribution in [0.2, 0.25) is 0 Å². The molecule has 0 unspecified atom stereocenters. The average Bonchev–Trinajstić information content (AvgIpc) is 2.55. The fraction of sp³-hybridized carbons (Fsp3) is 0.200. The van der Waals surface area contributed by atoms with Crippen molar-refractivity contribution in [2.24, 2.45) is 0 Å². The molecule has 2 heterocycles. The molecule has 0 spiro atoms. The molecule has 0 amide bonds. The molecule has 2 aromatic heterocycles. The third kappa shape index (κ3) is 1.88. The van der Waals surface area contributed by atoms with E-state index in [0.29, 0.717) is 11.3 Å². The summed E-state index contributed by atoms with van der Waals surface area (Å²) < 4.78 is 37.7. The molecule has 4 nitrogen and oxygen atoms in total. The van der Waals surface area contributed by atoms with Crippen molar-refractivity contribution in [2.45, 2.75) is 13.1 Å². The number of fused-ring (bicyclic) bond motifs is 1. The molecule has 0 aliphatic carbocycles. The molecule has 0 fully saturated rings. The minimum atomic E-state index is -4.57. The number of carboxylic acids is 1. The van der Waals surface area contributed by atoms with Crippen LogP contribution >= 0.6 is 11.3 Å². The molecule has 3 N–H and O–H groups in total. The van der Waals surface area contributed by atoms with Gasteiger partial charge in [0.05, 0.1) is 5.69 Å². The van der Waals surface area contributed by atoms with Crippen molar-refractivity contribution < 1.29 is 23.1 Å². The number of carboxylic acid groups (broad SMARTS) is 1. The molecule has 0 bridgehead atoms. The van der Waals surface area contributed by atoms with Gasteiger partial charge in [-0.3, -0.25) is 0 Å². The zero-order chi connectivity index (χ0) is 13.7. The number of alkyl halides is 3. The summed E-state index contributed by atoms with van der Waals surface area (Å²) in [6.07, 6.45) is -4.57. The zero-order valence-corrected chi connectivity index (χ0v) is 9.82. The van der Waals surface area contributed by atoms with Crippen LogP contribution in [-0.2, 0) is 6.18 Å². The van der Waals surface area contributed by atoms with Gasteiger partial charge in [0.1, 0.15) is 15.4 Å². The van der Waals surface area contributed by atoms with E-state index in [1.807, 2.05) is 0 Å². The van der Waals surface area contributed by atoms with Gasteiger partial charge in [0.2, 0.25) is 0 Å². The second-order valence-electron chi connectivity index (χ2n) is 3.65. The molecule has 0 saturated carbocycles. The lowest BCUT2D eigenvalue weighted by Crippen LogP contribution is -2.08. The van der Waals surface area contributed by atoms with Crippen molar-refractivity contribution in [1.82, 2.24) is 4.98 Å². The lowest BCUT2D eigenvalue weighted by atomic mass is 10.1. The Bertz CT molecular complexity index is 649. The van der Waals surface area contributed by atoms with Gasteiger partial charge in [-0.05, 0) is 18.6 Å². The minimum Gasteiger partial charge on any atom is -0.477 e. The Morgan fingerprint density at radius 2 is 2.11 bits per heavy atom. The first-order valence-electron chi connectivity index (χ1n) is 4.72. The third-order valence-electron chi connectivity index (χ3n) is 2.38. The van der Waals surface area contributed by atoms with Crippen LogP contribution in [0.15, 0.2) is 6.07 Å². The summed E-state index contributed by atoms with van der Waals surface area (Å²) in [5, 5.41) is 9.14. The summed E-state index contributed by atoms with van der Waals surface area (Å²) in [6.45, 7) is 1.44. The first kappa shape index (κ1) is 12.6. The van der Waals surface area contributed by atoms with Crippen LogP contribution in [0.5, 0.6) is 0 Å². The largest absolute Gasteiger partial charge is 0.477 e. The van der Waals surface area contributed by atoms with Crippen LogP contribution in [0, 0.1) is 6.92 Å². The van der Waals surface area contributed by atoms with Crippen LogP contribution < -0.4 is 5.73 Å². The summed E-state index contributed by atoms with van der Waals surface area (Å²) in [4.78, 5) is 14.1. The molecule has 0 atom stereocenters. The van der Waals surface area contributed by atoms with Gasteiger partial charge in [0, 0.05) is 5.39 Å². The number of hydrogen-bond acceptors (Lipinski definition) is 4. The second kappa shape index (κ2) is 3.84. The summed E-state index contributed by atoms with van der Waals surface area (Å²) >= 11 is 0.641. The van der Waals surface area contributed by atoms with Crippen molar-refractivity contribution in [1.29, 1.82) is 0 Å². The summed E-state index contributed by atoms with van der Waals surface area (Å²) in [7, 11) is 0. The topological polar surface area (TPSA) is 76.2 Å². The van der Waals surface area contributed by atoms with E-state index in [1.165, 1.54) is 6.92 Å². The number of thiophene rings is 1. The second-order valence-corrected chi connectivity index (χ2v) is 4.65. The summed E-state index contributed by atoms with van der Waals surface area (Å²) in [6, 6.07) is 0.858. The molecule has 2 rings (SSSR count). The minimum absolute atomic E-state index is 0.0165. The van der Waals surface area contributed by atoms with Crippen molar-refractivity contribution >= 4 is 33.2 Å². The molecule has 8 heteroatoms. The quantitative estimate of drug-likeness (QED) is 0.839. The predicted molar refractivity (Wildman–Crippen MR) is 60.7 cm³/mol. The molecule has 2 aromatic rings. The highest BCUT2D eigenvalue weighted by atomic mass is 32.1. The normalized spacial score (nSPS) is 12.0. The zero-order valence-electron chi connectivity index (χ0n) is 9.00. The number of nitrogen functional groups attached to an aromatic ring is 1. The highest BCUT2D eigenvalue weighted by molar-refractivity contribution is 7.21. The SMILES string of the molecule is Cc1cc(C(F)(F)F)nc2sc(C(=O)O)c(N)c12. The Morgan fingerprint density at radius 1 is 1.50 bits per heavy atom. The molecule has 0 saturated heterocycles. The van der Waals surface area contributed by atoms with Gasteiger partial charge in [-0.15, -0.1) is 11.3 Å². The Morgan fingerprint density at radius 3 is 2.61 bits per heavy atom. The number of hydrogen-bond donors (Lipinski definition) is 2. The van der Waals surface area contributed by atoms with E-state index in [1.54, 1.807) is 0 Å². The summed E-state index contributed by atoms with van der Waals surface area (Å²) in [5.74, 6) is -1.27. The number of anilines is 1. The number of nitrogens with two attached hydrogens (primary N) is 1. The Labute approximate surface area is 103 Å². The monoisotopic (exact) mass is 276 g/mol. The number of aromatic carboxylic acids is 1. The lowest BCUT2D eigenvalue weighted by molar-refractivity contribution is -0.141. The molecule has 0 radical (unpaired) electrons. The van der Waals surface area contributed by atoms with Crippen molar-refractivity contribution in [3.05, 3.63) is 22.2 Å². The van der Waals surface area contributed by atoms with Gasteiger partial charge in [-0.25, -0.2) is 9.78 Å². The van der Waals surface area contributed by atoms with E-state index in [2.05, 4.69) is 4.98 Å². The fourth-order valence-corrected chi connectivity index (χ4v) is 2.62. The number of rotatable bonds is 1. The van der Waals surface area contributed by atoms with Crippen LogP contribution in [0.1, 0.15) is 20.9 Å². The third-order valence-corrected chi connectivity index (χ3v) is 3.47. The number of pyridine rings is 1. The number of nitrogens with zero attached hydrogens (tertiary/aromatic N) is 1. The summed E-state index contributed by atoms with van der Waals surface area (Å²) in [5.41, 5.74) is 4.78. The van der Waals surface area contributed by atoms with Crippen molar-refractivity contribution in [3.8, 4) is 0 Å². The average molecular weight is 276 g/mol. The molecule has 0 aromatic carbocycles. The van der Waals surface area contributed by atoms with Gasteiger partial charge in [0.25, 0.3) is 0 Å². The first-order chi connectivity index (χ1) is 8.21. The van der Waals surface area contributed by atoms with E-state index in [0.717, 1.165) is 6.07 Å². The van der Waals surface area contributed by atoms with Crippen molar-refractivity contribution in [3.63, 3.8) is 0 Å². The maximum atomic E-state index is 12.6. The molecule has 0 aliphatic rings. The van der Waals surface area contributed by atoms with E-state index in [9.17, 15) is 18.0 Å². The van der Waals surface area contributed by atoms with E-state index in [-0.39, 0.29) is 26.3 Å². The van der Waals surface area contributed by atoms with E-state index < -0.39 is 17.8 Å². The Kier molecular flexibility index (Phi) is 2.69. The maximum absolute atomic E-state index is 12.6. The van der Waals surface area contributed by atoms with Gasteiger partial charge < -0.3 is 10.8 Å². The number of aromatic nitrogens is 1.